The molecule has 10 heteroatoms. The van der Waals surface area contributed by atoms with Gasteiger partial charge in [-0.2, -0.15) is 13.2 Å². The zero-order valence-corrected chi connectivity index (χ0v) is 16.5. The maximum Gasteiger partial charge on any atom is 0.417 e. The number of alkyl halides is 3. The molecular formula is C18H15ClF3N3O2S. The highest BCUT2D eigenvalue weighted by Crippen LogP contribution is 2.34. The monoisotopic (exact) mass is 429 g/mol. The smallest absolute Gasteiger partial charge is 0.417 e. The number of carbonyl (C=O) groups is 1. The minimum atomic E-state index is -4.54. The van der Waals surface area contributed by atoms with Crippen LogP contribution in [-0.2, 0) is 11.9 Å². The molecule has 2 aromatic heterocycles. The van der Waals surface area contributed by atoms with E-state index in [1.165, 1.54) is 23.1 Å². The van der Waals surface area contributed by atoms with Crippen molar-refractivity contribution < 1.29 is 22.7 Å². The first-order valence-electron chi connectivity index (χ1n) is 8.21. The zero-order valence-electron chi connectivity index (χ0n) is 14.9. The highest BCUT2D eigenvalue weighted by atomic mass is 35.5. The Morgan fingerprint density at radius 3 is 2.68 bits per heavy atom. The van der Waals surface area contributed by atoms with E-state index in [4.69, 9.17) is 16.3 Å². The number of hydrogen-bond donors (Lipinski definition) is 0. The summed E-state index contributed by atoms with van der Waals surface area (Å²) < 4.78 is 46.0. The highest BCUT2D eigenvalue weighted by molar-refractivity contribution is 7.98. The molecule has 28 heavy (non-hydrogen) atoms. The van der Waals surface area contributed by atoms with Gasteiger partial charge in [-0.25, -0.2) is 0 Å². The molecule has 0 saturated heterocycles. The Balaban J connectivity index is 1.95. The largest absolute Gasteiger partial charge is 0.494 e. The Kier molecular flexibility index (Phi) is 5.85. The van der Waals surface area contributed by atoms with Gasteiger partial charge in [0.15, 0.2) is 16.6 Å². The van der Waals surface area contributed by atoms with Crippen molar-refractivity contribution in [3.8, 4) is 5.75 Å². The number of fused-ring (bicyclic) bond motifs is 1. The second kappa shape index (κ2) is 8.00. The van der Waals surface area contributed by atoms with Crippen LogP contribution in [0.1, 0.15) is 35.3 Å². The fourth-order valence-corrected chi connectivity index (χ4v) is 3.67. The SMILES string of the molecule is CCOc1ccc(C(C)=O)cc1CSc1nnc2c(Cl)cc(C(F)(F)F)cn12. The third kappa shape index (κ3) is 4.25. The molecule has 0 fully saturated rings. The summed E-state index contributed by atoms with van der Waals surface area (Å²) in [6, 6.07) is 5.90. The van der Waals surface area contributed by atoms with Crippen LogP contribution < -0.4 is 4.74 Å². The van der Waals surface area contributed by atoms with E-state index < -0.39 is 11.7 Å². The average molecular weight is 430 g/mol. The molecule has 5 nitrogen and oxygen atoms in total. The maximum atomic E-state index is 13.1. The Morgan fingerprint density at radius 1 is 1.29 bits per heavy atom. The molecule has 0 atom stereocenters. The summed E-state index contributed by atoms with van der Waals surface area (Å²) in [6.07, 6.45) is -3.62. The number of aromatic nitrogens is 3. The summed E-state index contributed by atoms with van der Waals surface area (Å²) >= 11 is 7.10. The summed E-state index contributed by atoms with van der Waals surface area (Å²) in [7, 11) is 0. The molecule has 0 spiro atoms. The minimum absolute atomic E-state index is 0.0937. The van der Waals surface area contributed by atoms with Gasteiger partial charge in [0.2, 0.25) is 0 Å². The van der Waals surface area contributed by atoms with Crippen molar-refractivity contribution in [2.45, 2.75) is 30.9 Å². The van der Waals surface area contributed by atoms with Gasteiger partial charge in [0, 0.05) is 23.1 Å². The molecule has 0 aliphatic carbocycles. The Hall–Kier alpha value is -2.26. The normalized spacial score (nSPS) is 11.8. The minimum Gasteiger partial charge on any atom is -0.494 e. The number of pyridine rings is 1. The van der Waals surface area contributed by atoms with Crippen molar-refractivity contribution in [2.75, 3.05) is 6.61 Å². The van der Waals surface area contributed by atoms with Crippen molar-refractivity contribution in [1.82, 2.24) is 14.6 Å². The molecule has 0 unspecified atom stereocenters. The van der Waals surface area contributed by atoms with Crippen LogP contribution in [0.4, 0.5) is 13.2 Å². The van der Waals surface area contributed by atoms with Gasteiger partial charge in [-0.3, -0.25) is 9.20 Å². The van der Waals surface area contributed by atoms with Crippen LogP contribution in [0.25, 0.3) is 5.65 Å². The predicted molar refractivity (Wildman–Crippen MR) is 100 cm³/mol. The van der Waals surface area contributed by atoms with Gasteiger partial charge in [-0.1, -0.05) is 23.4 Å². The van der Waals surface area contributed by atoms with Crippen molar-refractivity contribution in [3.05, 3.63) is 52.2 Å². The van der Waals surface area contributed by atoms with Crippen molar-refractivity contribution in [2.24, 2.45) is 0 Å². The zero-order chi connectivity index (χ0) is 20.5. The van der Waals surface area contributed by atoms with Crippen LogP contribution in [0.2, 0.25) is 5.02 Å². The summed E-state index contributed by atoms with van der Waals surface area (Å²) in [4.78, 5) is 11.6. The molecule has 0 amide bonds. The highest BCUT2D eigenvalue weighted by Gasteiger charge is 2.32. The summed E-state index contributed by atoms with van der Waals surface area (Å²) in [5.74, 6) is 0.831. The molecule has 0 N–H and O–H groups in total. The van der Waals surface area contributed by atoms with Gasteiger partial charge in [0.1, 0.15) is 5.75 Å². The van der Waals surface area contributed by atoms with E-state index in [9.17, 15) is 18.0 Å². The molecule has 0 saturated carbocycles. The topological polar surface area (TPSA) is 56.5 Å². The number of rotatable bonds is 6. The van der Waals surface area contributed by atoms with E-state index >= 15 is 0 Å². The van der Waals surface area contributed by atoms with Crippen molar-refractivity contribution in [1.29, 1.82) is 0 Å². The number of Topliss-reactive ketones (excluding diaryl/α,β-unsaturated/α-hetero) is 1. The average Bonchev–Trinajstić information content (AvgIpc) is 3.04. The molecule has 0 radical (unpaired) electrons. The summed E-state index contributed by atoms with van der Waals surface area (Å²) in [5, 5.41) is 7.92. The predicted octanol–water partition coefficient (Wildman–Crippen LogP) is 5.30. The first-order chi connectivity index (χ1) is 13.2. The molecular weight excluding hydrogens is 415 g/mol. The molecule has 0 bridgehead atoms. The van der Waals surface area contributed by atoms with Gasteiger partial charge in [0.25, 0.3) is 0 Å². The van der Waals surface area contributed by atoms with Crippen LogP contribution in [-0.4, -0.2) is 27.0 Å². The number of hydrogen-bond acceptors (Lipinski definition) is 5. The molecule has 148 valence electrons. The standard InChI is InChI=1S/C18H15ClF3N3O2S/c1-3-27-15-5-4-11(10(2)26)6-12(15)9-28-17-24-23-16-14(19)7-13(8-25(16)17)18(20,21)22/h4-8H,3,9H2,1-2H3. The quantitative estimate of drug-likeness (QED) is 0.393. The van der Waals surface area contributed by atoms with Crippen molar-refractivity contribution >= 4 is 34.8 Å². The lowest BCUT2D eigenvalue weighted by atomic mass is 10.1. The second-order valence-electron chi connectivity index (χ2n) is 5.85. The lowest BCUT2D eigenvalue weighted by Gasteiger charge is -2.11. The van der Waals surface area contributed by atoms with Crippen LogP contribution in [0.5, 0.6) is 5.75 Å². The van der Waals surface area contributed by atoms with Crippen LogP contribution in [0, 0.1) is 0 Å². The van der Waals surface area contributed by atoms with E-state index in [1.807, 2.05) is 6.92 Å². The van der Waals surface area contributed by atoms with Crippen LogP contribution in [0.15, 0.2) is 35.6 Å². The van der Waals surface area contributed by atoms with Crippen molar-refractivity contribution in [3.63, 3.8) is 0 Å². The first kappa shape index (κ1) is 20.5. The number of ketones is 1. The first-order valence-corrected chi connectivity index (χ1v) is 9.58. The maximum absolute atomic E-state index is 13.1. The Morgan fingerprint density at radius 2 is 2.04 bits per heavy atom. The van der Waals surface area contributed by atoms with Crippen LogP contribution in [0.3, 0.4) is 0 Å². The Labute approximate surface area is 167 Å². The van der Waals surface area contributed by atoms with Gasteiger partial charge in [0.05, 0.1) is 17.2 Å². The van der Waals surface area contributed by atoms with Gasteiger partial charge >= 0.3 is 6.18 Å². The molecule has 2 heterocycles. The van der Waals surface area contributed by atoms with E-state index in [1.54, 1.807) is 18.2 Å². The molecule has 3 aromatic rings. The second-order valence-corrected chi connectivity index (χ2v) is 7.20. The van der Waals surface area contributed by atoms with E-state index in [0.29, 0.717) is 23.7 Å². The van der Waals surface area contributed by atoms with E-state index in [2.05, 4.69) is 10.2 Å². The fraction of sp³-hybridized carbons (Fsp3) is 0.278. The van der Waals surface area contributed by atoms with Gasteiger partial charge < -0.3 is 4.74 Å². The molecule has 0 aliphatic rings. The fourth-order valence-electron chi connectivity index (χ4n) is 2.54. The van der Waals surface area contributed by atoms with Crippen LogP contribution >= 0.6 is 23.4 Å². The lowest BCUT2D eigenvalue weighted by Crippen LogP contribution is -2.07. The molecule has 0 aliphatic heterocycles. The van der Waals surface area contributed by atoms with E-state index in [0.717, 1.165) is 17.8 Å². The number of carbonyl (C=O) groups excluding carboxylic acids is 1. The van der Waals surface area contributed by atoms with Gasteiger partial charge in [-0.15, -0.1) is 10.2 Å². The summed E-state index contributed by atoms with van der Waals surface area (Å²) in [6.45, 7) is 3.73. The number of thioether (sulfide) groups is 1. The van der Waals surface area contributed by atoms with E-state index in [-0.39, 0.29) is 21.6 Å². The Bertz CT molecular complexity index is 1040. The summed E-state index contributed by atoms with van der Waals surface area (Å²) in [5.41, 5.74) is 0.502. The number of halogens is 4. The lowest BCUT2D eigenvalue weighted by molar-refractivity contribution is -0.137. The molecule has 3 rings (SSSR count). The third-order valence-corrected chi connectivity index (χ3v) is 5.15. The number of ether oxygens (including phenoxy) is 1. The molecule has 1 aromatic carbocycles. The number of benzene rings is 1. The number of nitrogens with zero attached hydrogens (tertiary/aromatic N) is 3. The third-order valence-electron chi connectivity index (χ3n) is 3.88. The van der Waals surface area contributed by atoms with Gasteiger partial charge in [-0.05, 0) is 38.1 Å².